The molecule has 23 heavy (non-hydrogen) atoms. The second-order valence-corrected chi connectivity index (χ2v) is 5.10. The van der Waals surface area contributed by atoms with Crippen LogP contribution in [-0.2, 0) is 0 Å². The van der Waals surface area contributed by atoms with Crippen molar-refractivity contribution in [2.75, 3.05) is 34.4 Å². The van der Waals surface area contributed by atoms with Crippen LogP contribution in [0.25, 0.3) is 0 Å². The Kier molecular flexibility index (Phi) is 5.86. The minimum Gasteiger partial charge on any atom is -0.497 e. The van der Waals surface area contributed by atoms with E-state index in [9.17, 15) is 4.79 Å². The largest absolute Gasteiger partial charge is 0.497 e. The maximum absolute atomic E-state index is 11.9. The Morgan fingerprint density at radius 1 is 0.913 bits per heavy atom. The van der Waals surface area contributed by atoms with Gasteiger partial charge in [-0.15, -0.1) is 0 Å². The molecule has 5 nitrogen and oxygen atoms in total. The minimum absolute atomic E-state index is 0.0510. The van der Waals surface area contributed by atoms with Crippen molar-refractivity contribution in [1.82, 2.24) is 4.90 Å². The first-order valence-corrected chi connectivity index (χ1v) is 7.31. The Balaban J connectivity index is 1.81. The lowest BCUT2D eigenvalue weighted by molar-refractivity contribution is 0.0827. The SMILES string of the molecule is COc1ccc(OCCOc2cccc(C(=O)N(C)C)c2)cc1. The summed E-state index contributed by atoms with van der Waals surface area (Å²) in [6.45, 7) is 0.809. The summed E-state index contributed by atoms with van der Waals surface area (Å²) in [5.41, 5.74) is 0.601. The molecule has 0 saturated heterocycles. The van der Waals surface area contributed by atoms with Crippen LogP contribution in [0.15, 0.2) is 48.5 Å². The van der Waals surface area contributed by atoms with Crippen molar-refractivity contribution in [3.05, 3.63) is 54.1 Å². The lowest BCUT2D eigenvalue weighted by Crippen LogP contribution is -2.21. The van der Waals surface area contributed by atoms with Gasteiger partial charge in [0.1, 0.15) is 30.5 Å². The van der Waals surface area contributed by atoms with Gasteiger partial charge in [-0.05, 0) is 42.5 Å². The predicted octanol–water partition coefficient (Wildman–Crippen LogP) is 2.85. The molecule has 122 valence electrons. The summed E-state index contributed by atoms with van der Waals surface area (Å²) in [4.78, 5) is 13.4. The number of amides is 1. The molecule has 0 radical (unpaired) electrons. The number of methoxy groups -OCH3 is 1. The summed E-state index contributed by atoms with van der Waals surface area (Å²) in [6, 6.07) is 14.5. The Morgan fingerprint density at radius 3 is 2.13 bits per heavy atom. The first-order chi connectivity index (χ1) is 11.1. The molecular formula is C18H21NO4. The third kappa shape index (κ3) is 4.92. The highest BCUT2D eigenvalue weighted by atomic mass is 16.5. The topological polar surface area (TPSA) is 48.0 Å². The normalized spacial score (nSPS) is 10.0. The van der Waals surface area contributed by atoms with Crippen molar-refractivity contribution in [1.29, 1.82) is 0 Å². The Bertz CT molecular complexity index is 638. The number of hydrogen-bond acceptors (Lipinski definition) is 4. The summed E-state index contributed by atoms with van der Waals surface area (Å²) < 4.78 is 16.3. The van der Waals surface area contributed by atoms with Crippen LogP contribution >= 0.6 is 0 Å². The maximum atomic E-state index is 11.9. The molecular weight excluding hydrogens is 294 g/mol. The molecule has 0 bridgehead atoms. The van der Waals surface area contributed by atoms with E-state index in [0.29, 0.717) is 24.5 Å². The molecule has 2 aromatic carbocycles. The highest BCUT2D eigenvalue weighted by Crippen LogP contribution is 2.17. The van der Waals surface area contributed by atoms with Crippen LogP contribution < -0.4 is 14.2 Å². The summed E-state index contributed by atoms with van der Waals surface area (Å²) in [6.07, 6.45) is 0. The van der Waals surface area contributed by atoms with Gasteiger partial charge in [-0.3, -0.25) is 4.79 Å². The molecule has 2 aromatic rings. The van der Waals surface area contributed by atoms with Gasteiger partial charge in [-0.1, -0.05) is 6.07 Å². The molecule has 0 heterocycles. The summed E-state index contributed by atoms with van der Waals surface area (Å²) >= 11 is 0. The van der Waals surface area contributed by atoms with Gasteiger partial charge in [0.2, 0.25) is 0 Å². The average Bonchev–Trinajstić information content (AvgIpc) is 2.58. The number of hydrogen-bond donors (Lipinski definition) is 0. The Hall–Kier alpha value is -2.69. The molecule has 0 saturated carbocycles. The fourth-order valence-electron chi connectivity index (χ4n) is 1.97. The summed E-state index contributed by atoms with van der Waals surface area (Å²) in [5, 5.41) is 0. The van der Waals surface area contributed by atoms with Crippen LogP contribution in [0.1, 0.15) is 10.4 Å². The van der Waals surface area contributed by atoms with Crippen LogP contribution in [-0.4, -0.2) is 45.2 Å². The lowest BCUT2D eigenvalue weighted by atomic mass is 10.2. The number of carbonyl (C=O) groups excluding carboxylic acids is 1. The molecule has 0 aliphatic rings. The monoisotopic (exact) mass is 315 g/mol. The third-order valence-corrected chi connectivity index (χ3v) is 3.17. The highest BCUT2D eigenvalue weighted by molar-refractivity contribution is 5.94. The number of rotatable bonds is 7. The van der Waals surface area contributed by atoms with Gasteiger partial charge < -0.3 is 19.1 Å². The van der Waals surface area contributed by atoms with Crippen molar-refractivity contribution < 1.29 is 19.0 Å². The summed E-state index contributed by atoms with van der Waals surface area (Å²) in [5.74, 6) is 2.14. The zero-order valence-electron chi connectivity index (χ0n) is 13.6. The fourth-order valence-corrected chi connectivity index (χ4v) is 1.97. The van der Waals surface area contributed by atoms with Crippen molar-refractivity contribution >= 4 is 5.91 Å². The molecule has 0 N–H and O–H groups in total. The number of nitrogens with zero attached hydrogens (tertiary/aromatic N) is 1. The van der Waals surface area contributed by atoms with E-state index in [1.54, 1.807) is 39.4 Å². The fraction of sp³-hybridized carbons (Fsp3) is 0.278. The standard InChI is InChI=1S/C18H21NO4/c1-19(2)18(20)14-5-4-6-17(13-14)23-12-11-22-16-9-7-15(21-3)8-10-16/h4-10,13H,11-12H2,1-3H3. The molecule has 0 aliphatic carbocycles. The number of benzene rings is 2. The third-order valence-electron chi connectivity index (χ3n) is 3.17. The summed E-state index contributed by atoms with van der Waals surface area (Å²) in [7, 11) is 5.07. The Labute approximate surface area is 136 Å². The molecule has 0 aliphatic heterocycles. The Morgan fingerprint density at radius 2 is 1.52 bits per heavy atom. The van der Waals surface area contributed by atoms with E-state index in [0.717, 1.165) is 11.5 Å². The van der Waals surface area contributed by atoms with E-state index in [2.05, 4.69) is 0 Å². The quantitative estimate of drug-likeness (QED) is 0.737. The van der Waals surface area contributed by atoms with Crippen molar-refractivity contribution in [3.8, 4) is 17.2 Å². The van der Waals surface area contributed by atoms with Gasteiger partial charge in [0, 0.05) is 19.7 Å². The highest BCUT2D eigenvalue weighted by Gasteiger charge is 2.08. The van der Waals surface area contributed by atoms with Crippen LogP contribution in [0, 0.1) is 0 Å². The molecule has 0 aromatic heterocycles. The van der Waals surface area contributed by atoms with Crippen molar-refractivity contribution in [2.24, 2.45) is 0 Å². The van der Waals surface area contributed by atoms with Crippen LogP contribution in [0.2, 0.25) is 0 Å². The number of ether oxygens (including phenoxy) is 3. The maximum Gasteiger partial charge on any atom is 0.253 e. The smallest absolute Gasteiger partial charge is 0.253 e. The lowest BCUT2D eigenvalue weighted by Gasteiger charge is -2.12. The predicted molar refractivity (Wildman–Crippen MR) is 88.4 cm³/mol. The van der Waals surface area contributed by atoms with E-state index in [1.165, 1.54) is 4.90 Å². The van der Waals surface area contributed by atoms with E-state index in [1.807, 2.05) is 30.3 Å². The molecule has 0 spiro atoms. The van der Waals surface area contributed by atoms with Crippen LogP contribution in [0.3, 0.4) is 0 Å². The van der Waals surface area contributed by atoms with Crippen molar-refractivity contribution in [2.45, 2.75) is 0 Å². The van der Waals surface area contributed by atoms with Gasteiger partial charge in [0.25, 0.3) is 5.91 Å². The van der Waals surface area contributed by atoms with Gasteiger partial charge in [-0.25, -0.2) is 0 Å². The first kappa shape index (κ1) is 16.7. The van der Waals surface area contributed by atoms with Crippen LogP contribution in [0.4, 0.5) is 0 Å². The van der Waals surface area contributed by atoms with E-state index in [4.69, 9.17) is 14.2 Å². The second-order valence-electron chi connectivity index (χ2n) is 5.10. The van der Waals surface area contributed by atoms with Gasteiger partial charge in [-0.2, -0.15) is 0 Å². The molecule has 0 atom stereocenters. The minimum atomic E-state index is -0.0510. The van der Waals surface area contributed by atoms with E-state index in [-0.39, 0.29) is 5.91 Å². The zero-order valence-corrected chi connectivity index (χ0v) is 13.6. The second kappa shape index (κ2) is 8.08. The van der Waals surface area contributed by atoms with Gasteiger partial charge in [0.05, 0.1) is 7.11 Å². The first-order valence-electron chi connectivity index (χ1n) is 7.31. The van der Waals surface area contributed by atoms with Gasteiger partial charge >= 0.3 is 0 Å². The van der Waals surface area contributed by atoms with Crippen LogP contribution in [0.5, 0.6) is 17.2 Å². The van der Waals surface area contributed by atoms with Crippen molar-refractivity contribution in [3.63, 3.8) is 0 Å². The molecule has 2 rings (SSSR count). The molecule has 1 amide bonds. The molecule has 0 fully saturated rings. The average molecular weight is 315 g/mol. The van der Waals surface area contributed by atoms with E-state index < -0.39 is 0 Å². The zero-order chi connectivity index (χ0) is 16.7. The molecule has 0 unspecified atom stereocenters. The van der Waals surface area contributed by atoms with Gasteiger partial charge in [0.15, 0.2) is 0 Å². The van der Waals surface area contributed by atoms with E-state index >= 15 is 0 Å². The number of carbonyl (C=O) groups is 1. The molecule has 5 heteroatoms.